The third-order valence-corrected chi connectivity index (χ3v) is 4.34. The van der Waals surface area contributed by atoms with Crippen molar-refractivity contribution in [1.29, 1.82) is 0 Å². The maximum atomic E-state index is 12.7. The summed E-state index contributed by atoms with van der Waals surface area (Å²) in [4.78, 5) is 28.4. The molecule has 0 bridgehead atoms. The van der Waals surface area contributed by atoms with Gasteiger partial charge in [-0.15, -0.1) is 0 Å². The van der Waals surface area contributed by atoms with E-state index in [4.69, 9.17) is 9.47 Å². The molecule has 1 atom stereocenters. The van der Waals surface area contributed by atoms with Crippen molar-refractivity contribution in [2.45, 2.75) is 32.3 Å². The Hall–Kier alpha value is -1.92. The van der Waals surface area contributed by atoms with Gasteiger partial charge in [0.25, 0.3) is 0 Å². The summed E-state index contributed by atoms with van der Waals surface area (Å²) in [7, 11) is 0. The summed E-state index contributed by atoms with van der Waals surface area (Å²) in [5.74, 6) is 0.186. The van der Waals surface area contributed by atoms with Crippen molar-refractivity contribution < 1.29 is 19.1 Å². The Labute approximate surface area is 142 Å². The average Bonchev–Trinajstić information content (AvgIpc) is 2.84. The molecule has 2 aliphatic rings. The number of ether oxygens (including phenoxy) is 2. The highest BCUT2D eigenvalue weighted by Gasteiger charge is 2.40. The Kier molecular flexibility index (Phi) is 5.16. The van der Waals surface area contributed by atoms with E-state index in [1.165, 1.54) is 4.90 Å². The predicted octanol–water partition coefficient (Wildman–Crippen LogP) is 1.61. The van der Waals surface area contributed by atoms with Crippen LogP contribution in [0.5, 0.6) is 5.75 Å². The second kappa shape index (κ2) is 7.32. The fraction of sp³-hybridized carbons (Fsp3) is 0.556. The SMILES string of the molecule is CC(C)Oc1ccc([C@H]2CC(=O)N(CN3CCOCC3)C2=O)cc1. The lowest BCUT2D eigenvalue weighted by molar-refractivity contribution is -0.142. The van der Waals surface area contributed by atoms with Crippen LogP contribution in [0, 0.1) is 0 Å². The second-order valence-electron chi connectivity index (χ2n) is 6.52. The first-order chi connectivity index (χ1) is 11.5. The fourth-order valence-corrected chi connectivity index (χ4v) is 3.09. The minimum Gasteiger partial charge on any atom is -0.491 e. The zero-order valence-corrected chi connectivity index (χ0v) is 14.2. The van der Waals surface area contributed by atoms with Crippen LogP contribution in [-0.4, -0.2) is 60.7 Å². The van der Waals surface area contributed by atoms with Crippen molar-refractivity contribution >= 4 is 11.8 Å². The van der Waals surface area contributed by atoms with Crippen molar-refractivity contribution in [3.8, 4) is 5.75 Å². The van der Waals surface area contributed by atoms with Crippen LogP contribution < -0.4 is 4.74 Å². The van der Waals surface area contributed by atoms with Gasteiger partial charge in [-0.3, -0.25) is 19.4 Å². The molecule has 0 N–H and O–H groups in total. The van der Waals surface area contributed by atoms with E-state index in [9.17, 15) is 9.59 Å². The molecule has 130 valence electrons. The van der Waals surface area contributed by atoms with Gasteiger partial charge in [-0.05, 0) is 31.5 Å². The first kappa shape index (κ1) is 16.9. The van der Waals surface area contributed by atoms with Crippen molar-refractivity contribution in [2.24, 2.45) is 0 Å². The van der Waals surface area contributed by atoms with Gasteiger partial charge in [-0.25, -0.2) is 0 Å². The lowest BCUT2D eigenvalue weighted by Gasteiger charge is -2.29. The lowest BCUT2D eigenvalue weighted by Crippen LogP contribution is -2.46. The molecule has 2 amide bonds. The van der Waals surface area contributed by atoms with E-state index < -0.39 is 0 Å². The van der Waals surface area contributed by atoms with Gasteiger partial charge in [-0.2, -0.15) is 0 Å². The van der Waals surface area contributed by atoms with Gasteiger partial charge in [0.15, 0.2) is 0 Å². The number of nitrogens with zero attached hydrogens (tertiary/aromatic N) is 2. The normalized spacial score (nSPS) is 22.5. The van der Waals surface area contributed by atoms with Gasteiger partial charge in [0.05, 0.1) is 31.9 Å². The van der Waals surface area contributed by atoms with E-state index in [0.29, 0.717) is 19.9 Å². The van der Waals surface area contributed by atoms with E-state index in [1.807, 2.05) is 38.1 Å². The number of benzene rings is 1. The molecular formula is C18H24N2O4. The first-order valence-corrected chi connectivity index (χ1v) is 8.45. The largest absolute Gasteiger partial charge is 0.491 e. The molecule has 2 fully saturated rings. The molecule has 6 heteroatoms. The lowest BCUT2D eigenvalue weighted by atomic mass is 9.97. The minimum absolute atomic E-state index is 0.0981. The van der Waals surface area contributed by atoms with E-state index in [1.54, 1.807) is 0 Å². The standard InChI is InChI=1S/C18H24N2O4/c1-13(2)24-15-5-3-14(4-6-15)16-11-17(21)20(18(16)22)12-19-7-9-23-10-8-19/h3-6,13,16H,7-12H2,1-2H3/t16-/m1/s1. The van der Waals surface area contributed by atoms with Crippen molar-refractivity contribution in [3.63, 3.8) is 0 Å². The maximum Gasteiger partial charge on any atom is 0.238 e. The van der Waals surface area contributed by atoms with E-state index in [0.717, 1.165) is 24.4 Å². The Morgan fingerprint density at radius 2 is 1.83 bits per heavy atom. The fourth-order valence-electron chi connectivity index (χ4n) is 3.09. The monoisotopic (exact) mass is 332 g/mol. The summed E-state index contributed by atoms with van der Waals surface area (Å²) in [6.07, 6.45) is 0.350. The summed E-state index contributed by atoms with van der Waals surface area (Å²) in [6.45, 7) is 7.11. The van der Waals surface area contributed by atoms with Gasteiger partial charge < -0.3 is 9.47 Å². The summed E-state index contributed by atoms with van der Waals surface area (Å²) < 4.78 is 10.9. The van der Waals surface area contributed by atoms with Gasteiger partial charge in [0.1, 0.15) is 5.75 Å². The molecule has 2 heterocycles. The van der Waals surface area contributed by atoms with Gasteiger partial charge in [-0.1, -0.05) is 12.1 Å². The molecule has 0 unspecified atom stereocenters. The Morgan fingerprint density at radius 3 is 2.46 bits per heavy atom. The number of amides is 2. The van der Waals surface area contributed by atoms with Crippen molar-refractivity contribution in [3.05, 3.63) is 29.8 Å². The highest BCUT2D eigenvalue weighted by atomic mass is 16.5. The van der Waals surface area contributed by atoms with E-state index in [-0.39, 0.29) is 30.3 Å². The zero-order chi connectivity index (χ0) is 17.1. The van der Waals surface area contributed by atoms with E-state index in [2.05, 4.69) is 4.90 Å². The first-order valence-electron chi connectivity index (χ1n) is 8.45. The number of morpholine rings is 1. The number of carbonyl (C=O) groups excluding carboxylic acids is 2. The molecule has 2 saturated heterocycles. The summed E-state index contributed by atoms with van der Waals surface area (Å²) in [6, 6.07) is 7.48. The van der Waals surface area contributed by atoms with Crippen LogP contribution in [0.1, 0.15) is 31.7 Å². The third-order valence-electron chi connectivity index (χ3n) is 4.34. The molecule has 0 saturated carbocycles. The molecule has 6 nitrogen and oxygen atoms in total. The molecule has 24 heavy (non-hydrogen) atoms. The molecule has 1 aromatic carbocycles. The Bertz CT molecular complexity index is 594. The Balaban J connectivity index is 1.66. The highest BCUT2D eigenvalue weighted by molar-refractivity contribution is 6.06. The molecule has 1 aromatic rings. The smallest absolute Gasteiger partial charge is 0.238 e. The summed E-state index contributed by atoms with van der Waals surface area (Å²) in [5, 5.41) is 0. The number of rotatable bonds is 5. The quantitative estimate of drug-likeness (QED) is 0.767. The van der Waals surface area contributed by atoms with Crippen LogP contribution in [0.25, 0.3) is 0 Å². The summed E-state index contributed by atoms with van der Waals surface area (Å²) >= 11 is 0. The van der Waals surface area contributed by atoms with Crippen LogP contribution in [0.2, 0.25) is 0 Å². The maximum absolute atomic E-state index is 12.7. The predicted molar refractivity (Wildman–Crippen MR) is 88.7 cm³/mol. The second-order valence-corrected chi connectivity index (χ2v) is 6.52. The number of hydrogen-bond donors (Lipinski definition) is 0. The van der Waals surface area contributed by atoms with Crippen molar-refractivity contribution in [2.75, 3.05) is 33.0 Å². The highest BCUT2D eigenvalue weighted by Crippen LogP contribution is 2.31. The number of likely N-dealkylation sites (tertiary alicyclic amines) is 1. The molecule has 2 aliphatic heterocycles. The number of carbonyl (C=O) groups is 2. The molecule has 0 aromatic heterocycles. The topological polar surface area (TPSA) is 59.1 Å². The minimum atomic E-state index is -0.383. The van der Waals surface area contributed by atoms with Gasteiger partial charge in [0, 0.05) is 19.5 Å². The van der Waals surface area contributed by atoms with Crippen LogP contribution in [0.3, 0.4) is 0 Å². The van der Waals surface area contributed by atoms with Crippen LogP contribution in [0.15, 0.2) is 24.3 Å². The molecule has 0 radical (unpaired) electrons. The molecule has 3 rings (SSSR count). The molecular weight excluding hydrogens is 308 g/mol. The number of imide groups is 1. The van der Waals surface area contributed by atoms with E-state index >= 15 is 0 Å². The Morgan fingerprint density at radius 1 is 1.17 bits per heavy atom. The van der Waals surface area contributed by atoms with Crippen LogP contribution >= 0.6 is 0 Å². The summed E-state index contributed by atoms with van der Waals surface area (Å²) in [5.41, 5.74) is 0.869. The third kappa shape index (κ3) is 3.76. The number of hydrogen-bond acceptors (Lipinski definition) is 5. The zero-order valence-electron chi connectivity index (χ0n) is 14.2. The average molecular weight is 332 g/mol. The molecule has 0 aliphatic carbocycles. The van der Waals surface area contributed by atoms with Crippen molar-refractivity contribution in [1.82, 2.24) is 9.80 Å². The van der Waals surface area contributed by atoms with Crippen LogP contribution in [-0.2, 0) is 14.3 Å². The van der Waals surface area contributed by atoms with Crippen LogP contribution in [0.4, 0.5) is 0 Å². The molecule has 0 spiro atoms. The van der Waals surface area contributed by atoms with Gasteiger partial charge in [0.2, 0.25) is 11.8 Å². The van der Waals surface area contributed by atoms with Gasteiger partial charge >= 0.3 is 0 Å².